The average molecular weight is 387 g/mol. The molecule has 3 heterocycles. The second kappa shape index (κ2) is 9.23. The zero-order chi connectivity index (χ0) is 18.6. The highest BCUT2D eigenvalue weighted by atomic mass is 35.5. The van der Waals surface area contributed by atoms with Gasteiger partial charge in [0, 0.05) is 17.4 Å². The van der Waals surface area contributed by atoms with Crippen molar-refractivity contribution in [3.05, 3.63) is 48.3 Å². The molecule has 0 saturated carbocycles. The van der Waals surface area contributed by atoms with Crippen LogP contribution in [0.25, 0.3) is 17.0 Å². The summed E-state index contributed by atoms with van der Waals surface area (Å²) >= 11 is 0. The second-order valence-electron chi connectivity index (χ2n) is 7.70. The first-order valence-corrected chi connectivity index (χ1v) is 9.69. The Hall–Kier alpha value is -2.07. The molecular formula is C22H31ClN4. The van der Waals surface area contributed by atoms with Crippen molar-refractivity contribution in [2.24, 2.45) is 0 Å². The molecule has 146 valence electrons. The number of nitrogens with one attached hydrogen (secondary N) is 1. The number of nitrogens with zero attached hydrogens (tertiary/aromatic N) is 3. The van der Waals surface area contributed by atoms with Crippen molar-refractivity contribution in [2.75, 3.05) is 5.32 Å². The Labute approximate surface area is 168 Å². The Kier molecular flexibility index (Phi) is 7.25. The Bertz CT molecular complexity index is 855. The molecule has 0 radical (unpaired) electrons. The van der Waals surface area contributed by atoms with Crippen LogP contribution in [0.2, 0.25) is 0 Å². The van der Waals surface area contributed by atoms with Gasteiger partial charge in [-0.25, -0.2) is 4.98 Å². The fourth-order valence-corrected chi connectivity index (χ4v) is 3.43. The van der Waals surface area contributed by atoms with Gasteiger partial charge in [0.15, 0.2) is 0 Å². The van der Waals surface area contributed by atoms with Crippen LogP contribution in [0.15, 0.2) is 42.6 Å². The molecule has 0 unspecified atom stereocenters. The molecule has 27 heavy (non-hydrogen) atoms. The summed E-state index contributed by atoms with van der Waals surface area (Å²) in [6.45, 7) is 8.93. The summed E-state index contributed by atoms with van der Waals surface area (Å²) in [5.74, 6) is 1.04. The molecule has 0 atom stereocenters. The lowest BCUT2D eigenvalue weighted by atomic mass is 9.96. The largest absolute Gasteiger partial charge is 0.364 e. The fourth-order valence-electron chi connectivity index (χ4n) is 3.43. The first-order valence-electron chi connectivity index (χ1n) is 9.69. The molecule has 5 heteroatoms. The highest BCUT2D eigenvalue weighted by Crippen LogP contribution is 2.31. The van der Waals surface area contributed by atoms with Gasteiger partial charge in [-0.1, -0.05) is 44.7 Å². The molecule has 0 saturated heterocycles. The van der Waals surface area contributed by atoms with Gasteiger partial charge in [0.05, 0.1) is 5.69 Å². The molecule has 4 nitrogen and oxygen atoms in total. The van der Waals surface area contributed by atoms with Gasteiger partial charge in [0.1, 0.15) is 17.2 Å². The van der Waals surface area contributed by atoms with Gasteiger partial charge in [-0.3, -0.25) is 9.38 Å². The average Bonchev–Trinajstić information content (AvgIpc) is 2.99. The van der Waals surface area contributed by atoms with Crippen LogP contribution in [0.4, 0.5) is 5.82 Å². The minimum absolute atomic E-state index is 0. The van der Waals surface area contributed by atoms with Crippen molar-refractivity contribution < 1.29 is 0 Å². The maximum absolute atomic E-state index is 4.88. The van der Waals surface area contributed by atoms with E-state index in [0.29, 0.717) is 0 Å². The summed E-state index contributed by atoms with van der Waals surface area (Å²) in [5.41, 5.74) is 3.94. The molecule has 0 aliphatic carbocycles. The van der Waals surface area contributed by atoms with E-state index in [4.69, 9.17) is 4.98 Å². The van der Waals surface area contributed by atoms with Crippen molar-refractivity contribution in [3.63, 3.8) is 0 Å². The van der Waals surface area contributed by atoms with Crippen molar-refractivity contribution in [1.29, 1.82) is 0 Å². The molecule has 0 bridgehead atoms. The van der Waals surface area contributed by atoms with Gasteiger partial charge in [0.25, 0.3) is 0 Å². The van der Waals surface area contributed by atoms with Crippen LogP contribution in [0.1, 0.15) is 58.6 Å². The number of unbranched alkanes of at least 4 members (excludes halogenated alkanes) is 3. The van der Waals surface area contributed by atoms with E-state index in [9.17, 15) is 0 Å². The van der Waals surface area contributed by atoms with Gasteiger partial charge < -0.3 is 5.32 Å². The number of aryl methyl sites for hydroxylation is 1. The molecule has 3 rings (SSSR count). The van der Waals surface area contributed by atoms with Crippen LogP contribution >= 0.6 is 12.4 Å². The highest BCUT2D eigenvalue weighted by Gasteiger charge is 2.23. The Morgan fingerprint density at radius 2 is 1.85 bits per heavy atom. The van der Waals surface area contributed by atoms with Crippen LogP contribution < -0.4 is 5.32 Å². The van der Waals surface area contributed by atoms with E-state index in [1.54, 1.807) is 0 Å². The summed E-state index contributed by atoms with van der Waals surface area (Å²) in [6.07, 6.45) is 8.07. The molecule has 0 aromatic carbocycles. The highest BCUT2D eigenvalue weighted by molar-refractivity contribution is 5.85. The smallest absolute Gasteiger partial charge is 0.141 e. The Morgan fingerprint density at radius 1 is 1.04 bits per heavy atom. The van der Waals surface area contributed by atoms with Crippen LogP contribution in [0.5, 0.6) is 0 Å². The summed E-state index contributed by atoms with van der Waals surface area (Å²) in [6, 6.07) is 12.2. The molecule has 0 aliphatic heterocycles. The molecular weight excluding hydrogens is 356 g/mol. The zero-order valence-corrected chi connectivity index (χ0v) is 17.6. The predicted molar refractivity (Wildman–Crippen MR) is 117 cm³/mol. The van der Waals surface area contributed by atoms with E-state index in [2.05, 4.69) is 60.6 Å². The Balaban J connectivity index is 0.00000261. The van der Waals surface area contributed by atoms with E-state index in [1.807, 2.05) is 24.4 Å². The van der Waals surface area contributed by atoms with Gasteiger partial charge in [-0.2, -0.15) is 0 Å². The number of pyridine rings is 2. The standard InChI is InChI=1S/C22H30N4.ClH/c1-5-6-7-9-15-22(3,4)25-21-20(18-13-8-10-16-23-18)24-19-14-11-12-17(2)26(19)21;/h8,10-14,16,25H,5-7,9,15H2,1-4H3;1H. The van der Waals surface area contributed by atoms with Crippen LogP contribution in [0, 0.1) is 6.92 Å². The van der Waals surface area contributed by atoms with Gasteiger partial charge in [-0.15, -0.1) is 12.4 Å². The lowest BCUT2D eigenvalue weighted by Crippen LogP contribution is -2.31. The van der Waals surface area contributed by atoms with Gasteiger partial charge in [-0.05, 0) is 51.5 Å². The number of fused-ring (bicyclic) bond motifs is 1. The first kappa shape index (κ1) is 21.2. The SMILES string of the molecule is CCCCCCC(C)(C)Nc1c(-c2ccccn2)nc2cccc(C)n12.Cl. The molecule has 1 N–H and O–H groups in total. The maximum atomic E-state index is 4.88. The van der Waals surface area contributed by atoms with Crippen molar-refractivity contribution in [3.8, 4) is 11.4 Å². The fraction of sp³-hybridized carbons (Fsp3) is 0.455. The molecule has 0 aliphatic rings. The number of hydrogen-bond donors (Lipinski definition) is 1. The third kappa shape index (κ3) is 5.01. The minimum Gasteiger partial charge on any atom is -0.364 e. The van der Waals surface area contributed by atoms with Crippen LogP contribution in [0.3, 0.4) is 0 Å². The number of aromatic nitrogens is 3. The van der Waals surface area contributed by atoms with Crippen molar-refractivity contribution in [1.82, 2.24) is 14.4 Å². The number of rotatable bonds is 8. The molecule has 0 spiro atoms. The normalized spacial score (nSPS) is 11.4. The molecule has 0 fully saturated rings. The first-order chi connectivity index (χ1) is 12.5. The number of imidazole rings is 1. The quantitative estimate of drug-likeness (QED) is 0.462. The third-order valence-corrected chi connectivity index (χ3v) is 4.86. The monoisotopic (exact) mass is 386 g/mol. The van der Waals surface area contributed by atoms with E-state index in [0.717, 1.165) is 29.3 Å². The number of anilines is 1. The lowest BCUT2D eigenvalue weighted by molar-refractivity contribution is 0.476. The molecule has 3 aromatic heterocycles. The van der Waals surface area contributed by atoms with Crippen LogP contribution in [-0.2, 0) is 0 Å². The maximum Gasteiger partial charge on any atom is 0.141 e. The van der Waals surface area contributed by atoms with E-state index in [-0.39, 0.29) is 17.9 Å². The third-order valence-electron chi connectivity index (χ3n) is 4.86. The van der Waals surface area contributed by atoms with E-state index < -0.39 is 0 Å². The minimum atomic E-state index is -0.00445. The van der Waals surface area contributed by atoms with Crippen molar-refractivity contribution in [2.45, 2.75) is 65.3 Å². The lowest BCUT2D eigenvalue weighted by Gasteiger charge is -2.28. The zero-order valence-electron chi connectivity index (χ0n) is 16.8. The molecule has 0 amide bonds. The van der Waals surface area contributed by atoms with Gasteiger partial charge in [0.2, 0.25) is 0 Å². The summed E-state index contributed by atoms with van der Waals surface area (Å²) < 4.78 is 2.21. The summed E-state index contributed by atoms with van der Waals surface area (Å²) in [5, 5.41) is 3.79. The second-order valence-corrected chi connectivity index (χ2v) is 7.70. The predicted octanol–water partition coefficient (Wildman–Crippen LogP) is 6.29. The van der Waals surface area contributed by atoms with Crippen molar-refractivity contribution >= 4 is 23.9 Å². The molecule has 3 aromatic rings. The Morgan fingerprint density at radius 3 is 2.56 bits per heavy atom. The van der Waals surface area contributed by atoms with Crippen LogP contribution in [-0.4, -0.2) is 19.9 Å². The van der Waals surface area contributed by atoms with E-state index >= 15 is 0 Å². The number of halogens is 1. The van der Waals surface area contributed by atoms with Gasteiger partial charge >= 0.3 is 0 Å². The topological polar surface area (TPSA) is 42.2 Å². The number of hydrogen-bond acceptors (Lipinski definition) is 3. The summed E-state index contributed by atoms with van der Waals surface area (Å²) in [7, 11) is 0. The van der Waals surface area contributed by atoms with E-state index in [1.165, 1.54) is 31.4 Å². The summed E-state index contributed by atoms with van der Waals surface area (Å²) in [4.78, 5) is 9.41.